The summed E-state index contributed by atoms with van der Waals surface area (Å²) in [5.74, 6) is 1.57. The van der Waals surface area contributed by atoms with Gasteiger partial charge in [-0.1, -0.05) is 24.3 Å². The highest BCUT2D eigenvalue weighted by atomic mass is 16.5. The van der Waals surface area contributed by atoms with E-state index in [1.54, 1.807) is 18.2 Å². The molecule has 1 aliphatic heterocycles. The third kappa shape index (κ3) is 2.95. The number of carbonyl (C=O) groups is 1. The topological polar surface area (TPSA) is 56.8 Å². The molecule has 0 fully saturated rings. The molecule has 0 bridgehead atoms. The van der Waals surface area contributed by atoms with Crippen molar-refractivity contribution in [2.24, 2.45) is 0 Å². The maximum Gasteiger partial charge on any atom is 0.259 e. The van der Waals surface area contributed by atoms with E-state index >= 15 is 0 Å². The van der Waals surface area contributed by atoms with Crippen LogP contribution in [0.1, 0.15) is 28.4 Å². The summed E-state index contributed by atoms with van der Waals surface area (Å²) in [7, 11) is 3.07. The van der Waals surface area contributed by atoms with Crippen LogP contribution in [0.5, 0.6) is 17.2 Å². The monoisotopic (exact) mass is 313 g/mol. The normalized spacial score (nSPS) is 16.0. The molecule has 0 aliphatic carbocycles. The number of hydrogen-bond acceptors (Lipinski definition) is 4. The fourth-order valence-electron chi connectivity index (χ4n) is 2.80. The number of rotatable bonds is 4. The Kier molecular flexibility index (Phi) is 4.37. The average molecular weight is 313 g/mol. The summed E-state index contributed by atoms with van der Waals surface area (Å²) in [6.07, 6.45) is 0.722. The Morgan fingerprint density at radius 2 is 1.78 bits per heavy atom. The van der Waals surface area contributed by atoms with Crippen LogP contribution in [0.2, 0.25) is 0 Å². The number of nitrogens with one attached hydrogen (secondary N) is 1. The van der Waals surface area contributed by atoms with Gasteiger partial charge in [0.05, 0.1) is 26.9 Å². The Hall–Kier alpha value is -2.69. The zero-order chi connectivity index (χ0) is 16.2. The van der Waals surface area contributed by atoms with Gasteiger partial charge >= 0.3 is 0 Å². The first-order valence-electron chi connectivity index (χ1n) is 7.48. The lowest BCUT2D eigenvalue weighted by Crippen LogP contribution is -2.32. The molecule has 1 atom stereocenters. The second-order valence-corrected chi connectivity index (χ2v) is 5.24. The molecule has 23 heavy (non-hydrogen) atoms. The molecule has 0 saturated heterocycles. The number of amides is 1. The number of hydrogen-bond donors (Lipinski definition) is 1. The van der Waals surface area contributed by atoms with Crippen molar-refractivity contribution in [3.63, 3.8) is 0 Å². The van der Waals surface area contributed by atoms with Crippen LogP contribution in [-0.4, -0.2) is 26.7 Å². The minimum absolute atomic E-state index is 0.0953. The maximum atomic E-state index is 12.8. The zero-order valence-electron chi connectivity index (χ0n) is 13.2. The summed E-state index contributed by atoms with van der Waals surface area (Å²) >= 11 is 0. The first-order valence-corrected chi connectivity index (χ1v) is 7.48. The fourth-order valence-corrected chi connectivity index (χ4v) is 2.80. The molecular formula is C18H19NO4. The van der Waals surface area contributed by atoms with Crippen LogP contribution >= 0.6 is 0 Å². The molecular weight excluding hydrogens is 294 g/mol. The standard InChI is InChI=1S/C18H19NO4/c1-21-15-8-5-9-16(22-2)17(15)18(20)19-13-10-11-23-14-7-4-3-6-12(13)14/h3-9,13H,10-11H2,1-2H3,(H,19,20). The van der Waals surface area contributed by atoms with E-state index in [9.17, 15) is 4.79 Å². The number of benzene rings is 2. The third-order valence-corrected chi connectivity index (χ3v) is 3.92. The Bertz CT molecular complexity index is 692. The second-order valence-electron chi connectivity index (χ2n) is 5.24. The molecule has 0 saturated carbocycles. The van der Waals surface area contributed by atoms with Crippen LogP contribution in [0.3, 0.4) is 0 Å². The van der Waals surface area contributed by atoms with Crippen LogP contribution in [0.15, 0.2) is 42.5 Å². The Morgan fingerprint density at radius 3 is 2.48 bits per heavy atom. The third-order valence-electron chi connectivity index (χ3n) is 3.92. The molecule has 3 rings (SSSR count). The molecule has 1 heterocycles. The van der Waals surface area contributed by atoms with E-state index in [1.165, 1.54) is 14.2 Å². The maximum absolute atomic E-state index is 12.8. The first kappa shape index (κ1) is 15.2. The number of carbonyl (C=O) groups excluding carboxylic acids is 1. The van der Waals surface area contributed by atoms with Gasteiger partial charge in [0.15, 0.2) is 0 Å². The van der Waals surface area contributed by atoms with Crippen molar-refractivity contribution in [3.05, 3.63) is 53.6 Å². The van der Waals surface area contributed by atoms with Crippen molar-refractivity contribution in [1.29, 1.82) is 0 Å². The Morgan fingerprint density at radius 1 is 1.09 bits per heavy atom. The molecule has 0 spiro atoms. The van der Waals surface area contributed by atoms with Gasteiger partial charge in [0.2, 0.25) is 0 Å². The highest BCUT2D eigenvalue weighted by molar-refractivity contribution is 6.00. The molecule has 1 unspecified atom stereocenters. The molecule has 0 aromatic heterocycles. The quantitative estimate of drug-likeness (QED) is 0.943. The average Bonchev–Trinajstić information content (AvgIpc) is 2.61. The van der Waals surface area contributed by atoms with Crippen LogP contribution in [0.4, 0.5) is 0 Å². The summed E-state index contributed by atoms with van der Waals surface area (Å²) in [6, 6.07) is 12.9. The minimum atomic E-state index is -0.221. The minimum Gasteiger partial charge on any atom is -0.496 e. The zero-order valence-corrected chi connectivity index (χ0v) is 13.2. The van der Waals surface area contributed by atoms with Gasteiger partial charge in [-0.15, -0.1) is 0 Å². The van der Waals surface area contributed by atoms with Gasteiger partial charge in [-0.05, 0) is 18.2 Å². The van der Waals surface area contributed by atoms with E-state index in [4.69, 9.17) is 14.2 Å². The van der Waals surface area contributed by atoms with E-state index < -0.39 is 0 Å². The van der Waals surface area contributed by atoms with Crippen molar-refractivity contribution < 1.29 is 19.0 Å². The van der Waals surface area contributed by atoms with Gasteiger partial charge in [-0.25, -0.2) is 0 Å². The van der Waals surface area contributed by atoms with Gasteiger partial charge in [0.1, 0.15) is 22.8 Å². The molecule has 5 heteroatoms. The Labute approximate surface area is 135 Å². The van der Waals surface area contributed by atoms with Crippen molar-refractivity contribution in [2.75, 3.05) is 20.8 Å². The molecule has 2 aromatic rings. The predicted molar refractivity (Wildman–Crippen MR) is 86.3 cm³/mol. The summed E-state index contributed by atoms with van der Waals surface area (Å²) < 4.78 is 16.2. The van der Waals surface area contributed by atoms with Crippen molar-refractivity contribution in [2.45, 2.75) is 12.5 Å². The Balaban J connectivity index is 1.89. The van der Waals surface area contributed by atoms with Gasteiger partial charge in [-0.3, -0.25) is 4.79 Å². The van der Waals surface area contributed by atoms with Crippen molar-refractivity contribution in [1.82, 2.24) is 5.32 Å². The van der Waals surface area contributed by atoms with Crippen LogP contribution in [0, 0.1) is 0 Å². The van der Waals surface area contributed by atoms with E-state index in [-0.39, 0.29) is 11.9 Å². The summed E-state index contributed by atoms with van der Waals surface area (Å²) in [5.41, 5.74) is 1.39. The van der Waals surface area contributed by atoms with E-state index in [0.29, 0.717) is 23.7 Å². The highest BCUT2D eigenvalue weighted by Gasteiger charge is 2.26. The van der Waals surface area contributed by atoms with Crippen molar-refractivity contribution >= 4 is 5.91 Å². The molecule has 120 valence electrons. The van der Waals surface area contributed by atoms with Gasteiger partial charge in [-0.2, -0.15) is 0 Å². The molecule has 1 aliphatic rings. The lowest BCUT2D eigenvalue weighted by atomic mass is 10.00. The molecule has 1 amide bonds. The fraction of sp³-hybridized carbons (Fsp3) is 0.278. The lowest BCUT2D eigenvalue weighted by Gasteiger charge is -2.27. The summed E-state index contributed by atoms with van der Waals surface area (Å²) in [4.78, 5) is 12.8. The smallest absolute Gasteiger partial charge is 0.259 e. The van der Waals surface area contributed by atoms with E-state index in [1.807, 2.05) is 24.3 Å². The summed E-state index contributed by atoms with van der Waals surface area (Å²) in [5, 5.41) is 3.06. The predicted octanol–water partition coefficient (Wildman–Crippen LogP) is 2.96. The largest absolute Gasteiger partial charge is 0.496 e. The van der Waals surface area contributed by atoms with Gasteiger partial charge in [0.25, 0.3) is 5.91 Å². The van der Waals surface area contributed by atoms with E-state index in [0.717, 1.165) is 17.7 Å². The molecule has 5 nitrogen and oxygen atoms in total. The SMILES string of the molecule is COc1cccc(OC)c1C(=O)NC1CCOc2ccccc21. The summed E-state index contributed by atoms with van der Waals surface area (Å²) in [6.45, 7) is 0.574. The van der Waals surface area contributed by atoms with Crippen molar-refractivity contribution in [3.8, 4) is 17.2 Å². The van der Waals surface area contributed by atoms with E-state index in [2.05, 4.69) is 5.32 Å². The number of fused-ring (bicyclic) bond motifs is 1. The lowest BCUT2D eigenvalue weighted by molar-refractivity contribution is 0.0918. The highest BCUT2D eigenvalue weighted by Crippen LogP contribution is 2.33. The molecule has 2 aromatic carbocycles. The number of para-hydroxylation sites is 1. The first-order chi connectivity index (χ1) is 11.2. The van der Waals surface area contributed by atoms with Crippen LogP contribution in [0.25, 0.3) is 0 Å². The van der Waals surface area contributed by atoms with Gasteiger partial charge in [0, 0.05) is 12.0 Å². The number of methoxy groups -OCH3 is 2. The molecule has 1 N–H and O–H groups in total. The van der Waals surface area contributed by atoms with Gasteiger partial charge < -0.3 is 19.5 Å². The van der Waals surface area contributed by atoms with Crippen LogP contribution in [-0.2, 0) is 0 Å². The second kappa shape index (κ2) is 6.60. The van der Waals surface area contributed by atoms with Crippen LogP contribution < -0.4 is 19.5 Å². The number of ether oxygens (including phenoxy) is 3. The molecule has 0 radical (unpaired) electrons.